The summed E-state index contributed by atoms with van der Waals surface area (Å²) in [5.74, 6) is 0. The normalized spacial score (nSPS) is 18.1. The first kappa shape index (κ1) is 10.3. The molecule has 0 nitrogen and oxygen atoms in total. The van der Waals surface area contributed by atoms with Crippen LogP contribution in [0, 0.1) is 0 Å². The quantitative estimate of drug-likeness (QED) is 0.605. The zero-order valence-electron chi connectivity index (χ0n) is 10.1. The molecule has 1 aromatic carbocycles. The molecule has 0 amide bonds. The van der Waals surface area contributed by atoms with E-state index in [1.807, 2.05) is 0 Å². The Kier molecular flexibility index (Phi) is 2.56. The van der Waals surface area contributed by atoms with Crippen molar-refractivity contribution in [2.45, 2.75) is 19.8 Å². The molecule has 0 saturated heterocycles. The molecule has 0 spiro atoms. The molecule has 0 aliphatic heterocycles. The van der Waals surface area contributed by atoms with E-state index in [0.29, 0.717) is 0 Å². The fraction of sp³-hybridized carbons (Fsp3) is 0.176. The van der Waals surface area contributed by atoms with Crippen LogP contribution in [0.25, 0.3) is 5.57 Å². The summed E-state index contributed by atoms with van der Waals surface area (Å²) in [6.45, 7) is 2.22. The second kappa shape index (κ2) is 4.21. The van der Waals surface area contributed by atoms with Crippen LogP contribution in [0.2, 0.25) is 0 Å². The van der Waals surface area contributed by atoms with Crippen molar-refractivity contribution in [2.75, 3.05) is 0 Å². The van der Waals surface area contributed by atoms with Gasteiger partial charge < -0.3 is 0 Å². The summed E-state index contributed by atoms with van der Waals surface area (Å²) in [5, 5.41) is 0. The number of allylic oxidation sites excluding steroid dienone is 8. The maximum atomic E-state index is 2.32. The molecule has 0 bridgehead atoms. The Morgan fingerprint density at radius 2 is 1.82 bits per heavy atom. The van der Waals surface area contributed by atoms with Gasteiger partial charge in [-0.2, -0.15) is 0 Å². The van der Waals surface area contributed by atoms with Crippen molar-refractivity contribution in [2.24, 2.45) is 0 Å². The number of hydrogen-bond acceptors (Lipinski definition) is 0. The predicted molar refractivity (Wildman–Crippen MR) is 73.7 cm³/mol. The number of rotatable bonds is 0. The van der Waals surface area contributed by atoms with Crippen LogP contribution in [0.1, 0.15) is 24.5 Å². The maximum absolute atomic E-state index is 2.32. The average molecular weight is 220 g/mol. The lowest BCUT2D eigenvalue weighted by atomic mass is 9.96. The van der Waals surface area contributed by atoms with Crippen molar-refractivity contribution in [3.05, 3.63) is 76.9 Å². The van der Waals surface area contributed by atoms with Gasteiger partial charge in [-0.1, -0.05) is 60.2 Å². The van der Waals surface area contributed by atoms with Crippen LogP contribution in [0.4, 0.5) is 0 Å². The van der Waals surface area contributed by atoms with Crippen LogP contribution in [-0.2, 0) is 6.42 Å². The zero-order valence-corrected chi connectivity index (χ0v) is 10.1. The summed E-state index contributed by atoms with van der Waals surface area (Å²) < 4.78 is 0. The van der Waals surface area contributed by atoms with Gasteiger partial charge in [-0.15, -0.1) is 0 Å². The van der Waals surface area contributed by atoms with E-state index >= 15 is 0 Å². The molecule has 2 aliphatic rings. The molecule has 0 fully saturated rings. The van der Waals surface area contributed by atoms with Crippen molar-refractivity contribution in [1.29, 1.82) is 0 Å². The Hall–Kier alpha value is -1.82. The standard InChI is InChI=1S/C17H16/c1-13-11-14-7-3-2-4-9-16(14)17-10-6-5-8-15(17)12-13/h3-11H,2,12H2,1H3. The van der Waals surface area contributed by atoms with Gasteiger partial charge in [0.1, 0.15) is 0 Å². The highest BCUT2D eigenvalue weighted by atomic mass is 14.2. The van der Waals surface area contributed by atoms with Gasteiger partial charge in [0.05, 0.1) is 0 Å². The van der Waals surface area contributed by atoms with Gasteiger partial charge in [0.25, 0.3) is 0 Å². The number of hydrogen-bond donors (Lipinski definition) is 0. The Morgan fingerprint density at radius 1 is 1.00 bits per heavy atom. The van der Waals surface area contributed by atoms with Gasteiger partial charge in [0, 0.05) is 0 Å². The first-order valence-corrected chi connectivity index (χ1v) is 6.17. The molecule has 0 radical (unpaired) electrons. The molecule has 3 rings (SSSR count). The highest BCUT2D eigenvalue weighted by Crippen LogP contribution is 2.32. The van der Waals surface area contributed by atoms with Crippen LogP contribution < -0.4 is 0 Å². The van der Waals surface area contributed by atoms with Gasteiger partial charge in [0.2, 0.25) is 0 Å². The third-order valence-corrected chi connectivity index (χ3v) is 3.34. The predicted octanol–water partition coefficient (Wildman–Crippen LogP) is 4.46. The average Bonchev–Trinajstić information content (AvgIpc) is 2.61. The Morgan fingerprint density at radius 3 is 2.76 bits per heavy atom. The molecule has 0 heteroatoms. The van der Waals surface area contributed by atoms with Crippen LogP contribution in [0.15, 0.2) is 65.8 Å². The lowest BCUT2D eigenvalue weighted by Crippen LogP contribution is -1.91. The summed E-state index contributed by atoms with van der Waals surface area (Å²) >= 11 is 0. The van der Waals surface area contributed by atoms with E-state index in [-0.39, 0.29) is 0 Å². The zero-order chi connectivity index (χ0) is 11.7. The topological polar surface area (TPSA) is 0 Å². The van der Waals surface area contributed by atoms with Crippen molar-refractivity contribution in [3.63, 3.8) is 0 Å². The van der Waals surface area contributed by atoms with Crippen molar-refractivity contribution < 1.29 is 0 Å². The van der Waals surface area contributed by atoms with Gasteiger partial charge in [-0.05, 0) is 42.0 Å². The molecular formula is C17H16. The molecule has 0 atom stereocenters. The summed E-state index contributed by atoms with van der Waals surface area (Å²) in [4.78, 5) is 0. The highest BCUT2D eigenvalue weighted by molar-refractivity contribution is 5.83. The van der Waals surface area contributed by atoms with Crippen LogP contribution >= 0.6 is 0 Å². The SMILES string of the molecule is CC1=CC2=C(C=CCC=C2)c2ccccc2C1. The van der Waals surface area contributed by atoms with E-state index in [2.05, 4.69) is 61.6 Å². The van der Waals surface area contributed by atoms with Gasteiger partial charge >= 0.3 is 0 Å². The lowest BCUT2D eigenvalue weighted by Gasteiger charge is -2.08. The molecule has 17 heavy (non-hydrogen) atoms. The van der Waals surface area contributed by atoms with Crippen LogP contribution in [-0.4, -0.2) is 0 Å². The van der Waals surface area contributed by atoms with Crippen LogP contribution in [0.5, 0.6) is 0 Å². The first-order valence-electron chi connectivity index (χ1n) is 6.17. The monoisotopic (exact) mass is 220 g/mol. The van der Waals surface area contributed by atoms with Crippen molar-refractivity contribution >= 4 is 5.57 Å². The molecule has 0 saturated carbocycles. The largest absolute Gasteiger partial charge is 0.0801 e. The molecule has 0 unspecified atom stereocenters. The summed E-state index contributed by atoms with van der Waals surface area (Å²) in [5.41, 5.74) is 6.97. The van der Waals surface area contributed by atoms with E-state index < -0.39 is 0 Å². The minimum absolute atomic E-state index is 1.03. The Bertz CT molecular complexity index is 565. The summed E-state index contributed by atoms with van der Waals surface area (Å²) in [6, 6.07) is 8.74. The van der Waals surface area contributed by atoms with E-state index in [4.69, 9.17) is 0 Å². The minimum Gasteiger partial charge on any atom is -0.0801 e. The minimum atomic E-state index is 1.03. The summed E-state index contributed by atoms with van der Waals surface area (Å²) in [6.07, 6.45) is 13.4. The Labute approximate surface area is 103 Å². The third-order valence-electron chi connectivity index (χ3n) is 3.34. The second-order valence-corrected chi connectivity index (χ2v) is 4.73. The lowest BCUT2D eigenvalue weighted by molar-refractivity contribution is 1.14. The fourth-order valence-corrected chi connectivity index (χ4v) is 2.57. The smallest absolute Gasteiger partial charge is 0.00604 e. The Balaban J connectivity index is 2.28. The van der Waals surface area contributed by atoms with E-state index in [9.17, 15) is 0 Å². The molecule has 1 aromatic rings. The second-order valence-electron chi connectivity index (χ2n) is 4.73. The first-order chi connectivity index (χ1) is 8.34. The third kappa shape index (κ3) is 1.91. The molecule has 0 N–H and O–H groups in total. The van der Waals surface area contributed by atoms with Gasteiger partial charge in [-0.3, -0.25) is 0 Å². The number of benzene rings is 1. The van der Waals surface area contributed by atoms with Crippen molar-refractivity contribution in [3.8, 4) is 0 Å². The van der Waals surface area contributed by atoms with E-state index in [1.165, 1.54) is 27.8 Å². The van der Waals surface area contributed by atoms with Crippen LogP contribution in [0.3, 0.4) is 0 Å². The molecule has 0 heterocycles. The summed E-state index contributed by atoms with van der Waals surface area (Å²) in [7, 11) is 0. The van der Waals surface area contributed by atoms with Crippen molar-refractivity contribution in [1.82, 2.24) is 0 Å². The highest BCUT2D eigenvalue weighted by Gasteiger charge is 2.13. The van der Waals surface area contributed by atoms with E-state index in [0.717, 1.165) is 12.8 Å². The molecule has 0 aromatic heterocycles. The fourth-order valence-electron chi connectivity index (χ4n) is 2.57. The van der Waals surface area contributed by atoms with E-state index in [1.54, 1.807) is 0 Å². The van der Waals surface area contributed by atoms with Gasteiger partial charge in [0.15, 0.2) is 0 Å². The maximum Gasteiger partial charge on any atom is -0.00604 e. The number of fused-ring (bicyclic) bond motifs is 2. The molecule has 2 aliphatic carbocycles. The molecular weight excluding hydrogens is 204 g/mol. The van der Waals surface area contributed by atoms with Gasteiger partial charge in [-0.25, -0.2) is 0 Å². The molecule has 84 valence electrons.